The lowest BCUT2D eigenvalue weighted by atomic mass is 10.1. The first kappa shape index (κ1) is 11.0. The van der Waals surface area contributed by atoms with Gasteiger partial charge in [-0.15, -0.1) is 0 Å². The maximum atomic E-state index is 11.5. The van der Waals surface area contributed by atoms with Crippen LogP contribution in [-0.2, 0) is 14.3 Å². The third-order valence-corrected chi connectivity index (χ3v) is 2.32. The molecule has 0 radical (unpaired) electrons. The van der Waals surface area contributed by atoms with E-state index in [2.05, 4.69) is 5.32 Å². The van der Waals surface area contributed by atoms with Crippen LogP contribution in [0.5, 0.6) is 0 Å². The van der Waals surface area contributed by atoms with Gasteiger partial charge < -0.3 is 15.2 Å². The fraction of sp³-hybridized carbons (Fsp3) is 0.778. The van der Waals surface area contributed by atoms with E-state index in [1.165, 1.54) is 0 Å². The second-order valence-electron chi connectivity index (χ2n) is 3.37. The molecule has 1 amide bonds. The molecule has 2 N–H and O–H groups in total. The van der Waals surface area contributed by atoms with Crippen molar-refractivity contribution < 1.29 is 19.4 Å². The number of aliphatic carboxylic acids is 1. The summed E-state index contributed by atoms with van der Waals surface area (Å²) in [6.07, 6.45) is 1.08. The zero-order valence-corrected chi connectivity index (χ0v) is 8.16. The first-order valence-corrected chi connectivity index (χ1v) is 4.76. The predicted molar refractivity (Wildman–Crippen MR) is 48.8 cm³/mol. The average Bonchev–Trinajstić information content (AvgIpc) is 2.65. The number of hydrogen-bond donors (Lipinski definition) is 2. The van der Waals surface area contributed by atoms with Crippen molar-refractivity contribution in [2.75, 3.05) is 13.2 Å². The van der Waals surface area contributed by atoms with Crippen LogP contribution in [0.3, 0.4) is 0 Å². The first-order chi connectivity index (χ1) is 6.65. The largest absolute Gasteiger partial charge is 0.480 e. The number of rotatable bonds is 4. The molecule has 1 heterocycles. The molecular formula is C9H15NO4. The molecule has 1 rings (SSSR count). The quantitative estimate of drug-likeness (QED) is 0.671. The Kier molecular flexibility index (Phi) is 3.88. The van der Waals surface area contributed by atoms with Gasteiger partial charge in [0.05, 0.1) is 12.5 Å². The summed E-state index contributed by atoms with van der Waals surface area (Å²) in [5, 5.41) is 11.2. The molecule has 0 saturated carbocycles. The second kappa shape index (κ2) is 4.95. The Morgan fingerprint density at radius 2 is 2.36 bits per heavy atom. The molecule has 14 heavy (non-hydrogen) atoms. The van der Waals surface area contributed by atoms with Crippen molar-refractivity contribution in [1.82, 2.24) is 5.32 Å². The molecule has 0 spiro atoms. The van der Waals surface area contributed by atoms with E-state index < -0.39 is 12.0 Å². The van der Waals surface area contributed by atoms with Gasteiger partial charge in [-0.25, -0.2) is 4.79 Å². The van der Waals surface area contributed by atoms with Gasteiger partial charge in [-0.2, -0.15) is 0 Å². The summed E-state index contributed by atoms with van der Waals surface area (Å²) >= 11 is 0. The number of carboxylic acids is 1. The van der Waals surface area contributed by atoms with E-state index in [4.69, 9.17) is 9.84 Å². The van der Waals surface area contributed by atoms with E-state index in [-0.39, 0.29) is 11.8 Å². The summed E-state index contributed by atoms with van der Waals surface area (Å²) in [6, 6.07) is -0.775. The highest BCUT2D eigenvalue weighted by Crippen LogP contribution is 2.12. The normalized spacial score (nSPS) is 23.1. The van der Waals surface area contributed by atoms with Gasteiger partial charge in [0, 0.05) is 6.61 Å². The molecule has 2 atom stereocenters. The van der Waals surface area contributed by atoms with E-state index in [1.54, 1.807) is 6.92 Å². The van der Waals surface area contributed by atoms with Crippen LogP contribution in [0, 0.1) is 5.92 Å². The van der Waals surface area contributed by atoms with E-state index in [9.17, 15) is 9.59 Å². The summed E-state index contributed by atoms with van der Waals surface area (Å²) in [5.74, 6) is -1.38. The van der Waals surface area contributed by atoms with Crippen molar-refractivity contribution >= 4 is 11.9 Å². The molecular weight excluding hydrogens is 186 g/mol. The molecule has 80 valence electrons. The number of carboxylic acid groups (broad SMARTS) is 1. The van der Waals surface area contributed by atoms with Crippen molar-refractivity contribution in [1.29, 1.82) is 0 Å². The van der Waals surface area contributed by atoms with Crippen LogP contribution >= 0.6 is 0 Å². The van der Waals surface area contributed by atoms with Gasteiger partial charge in [-0.1, -0.05) is 6.92 Å². The molecule has 0 aromatic heterocycles. The van der Waals surface area contributed by atoms with Crippen LogP contribution in [0.2, 0.25) is 0 Å². The summed E-state index contributed by atoms with van der Waals surface area (Å²) in [7, 11) is 0. The summed E-state index contributed by atoms with van der Waals surface area (Å²) < 4.78 is 5.05. The fourth-order valence-corrected chi connectivity index (χ4v) is 1.37. The molecule has 5 heteroatoms. The number of amides is 1. The molecule has 1 aliphatic rings. The maximum absolute atomic E-state index is 11.5. The zero-order valence-electron chi connectivity index (χ0n) is 8.16. The standard InChI is InChI=1S/C9H15NO4/c1-2-7(9(12)13)10-8(11)6-3-4-14-5-6/h6-7H,2-5H2,1H3,(H,10,11)(H,12,13). The molecule has 5 nitrogen and oxygen atoms in total. The Hall–Kier alpha value is -1.10. The van der Waals surface area contributed by atoms with E-state index >= 15 is 0 Å². The Balaban J connectivity index is 2.41. The van der Waals surface area contributed by atoms with Crippen LogP contribution in [-0.4, -0.2) is 36.2 Å². The number of carbonyl (C=O) groups is 2. The summed E-state index contributed by atoms with van der Waals surface area (Å²) in [4.78, 5) is 22.1. The molecule has 1 aliphatic heterocycles. The van der Waals surface area contributed by atoms with Crippen molar-refractivity contribution in [3.63, 3.8) is 0 Å². The predicted octanol–water partition coefficient (Wildman–Crippen LogP) is 0.00230. The summed E-state index contributed by atoms with van der Waals surface area (Å²) in [5.41, 5.74) is 0. The molecule has 1 saturated heterocycles. The fourth-order valence-electron chi connectivity index (χ4n) is 1.37. The van der Waals surface area contributed by atoms with Crippen LogP contribution in [0.4, 0.5) is 0 Å². The monoisotopic (exact) mass is 201 g/mol. The number of hydrogen-bond acceptors (Lipinski definition) is 3. The van der Waals surface area contributed by atoms with Gasteiger partial charge in [0.2, 0.25) is 5.91 Å². The highest BCUT2D eigenvalue weighted by atomic mass is 16.5. The van der Waals surface area contributed by atoms with E-state index in [1.807, 2.05) is 0 Å². The lowest BCUT2D eigenvalue weighted by Gasteiger charge is -2.14. The maximum Gasteiger partial charge on any atom is 0.326 e. The Bertz CT molecular complexity index is 223. The van der Waals surface area contributed by atoms with Gasteiger partial charge in [-0.05, 0) is 12.8 Å². The van der Waals surface area contributed by atoms with Crippen molar-refractivity contribution in [2.45, 2.75) is 25.8 Å². The smallest absolute Gasteiger partial charge is 0.326 e. The van der Waals surface area contributed by atoms with Gasteiger partial charge in [0.1, 0.15) is 6.04 Å². The molecule has 1 fully saturated rings. The van der Waals surface area contributed by atoms with Gasteiger partial charge in [0.15, 0.2) is 0 Å². The van der Waals surface area contributed by atoms with E-state index in [0.29, 0.717) is 26.1 Å². The number of carbonyl (C=O) groups excluding carboxylic acids is 1. The zero-order chi connectivity index (χ0) is 10.6. The number of nitrogens with one attached hydrogen (secondary N) is 1. The third kappa shape index (κ3) is 2.70. The lowest BCUT2D eigenvalue weighted by Crippen LogP contribution is -2.43. The first-order valence-electron chi connectivity index (χ1n) is 4.76. The Labute approximate surface area is 82.4 Å². The van der Waals surface area contributed by atoms with Crippen molar-refractivity contribution in [3.8, 4) is 0 Å². The molecule has 0 bridgehead atoms. The lowest BCUT2D eigenvalue weighted by molar-refractivity contribution is -0.142. The topological polar surface area (TPSA) is 75.6 Å². The third-order valence-electron chi connectivity index (χ3n) is 2.32. The Morgan fingerprint density at radius 1 is 1.64 bits per heavy atom. The highest BCUT2D eigenvalue weighted by Gasteiger charge is 2.26. The summed E-state index contributed by atoms with van der Waals surface area (Å²) in [6.45, 7) is 2.72. The Morgan fingerprint density at radius 3 is 2.79 bits per heavy atom. The minimum absolute atomic E-state index is 0.177. The van der Waals surface area contributed by atoms with E-state index in [0.717, 1.165) is 0 Å². The highest BCUT2D eigenvalue weighted by molar-refractivity contribution is 5.85. The van der Waals surface area contributed by atoms with Gasteiger partial charge >= 0.3 is 5.97 Å². The second-order valence-corrected chi connectivity index (χ2v) is 3.37. The van der Waals surface area contributed by atoms with Crippen molar-refractivity contribution in [3.05, 3.63) is 0 Å². The number of ether oxygens (including phenoxy) is 1. The minimum Gasteiger partial charge on any atom is -0.480 e. The van der Waals surface area contributed by atoms with Crippen LogP contribution < -0.4 is 5.32 Å². The molecule has 0 aliphatic carbocycles. The molecule has 0 aromatic rings. The van der Waals surface area contributed by atoms with Crippen LogP contribution in [0.1, 0.15) is 19.8 Å². The molecule has 0 aromatic carbocycles. The average molecular weight is 201 g/mol. The van der Waals surface area contributed by atoms with Crippen molar-refractivity contribution in [2.24, 2.45) is 5.92 Å². The minimum atomic E-state index is -0.986. The SMILES string of the molecule is CCC(NC(=O)C1CCOC1)C(=O)O. The molecule has 2 unspecified atom stereocenters. The van der Waals surface area contributed by atoms with Crippen LogP contribution in [0.25, 0.3) is 0 Å². The van der Waals surface area contributed by atoms with Gasteiger partial charge in [-0.3, -0.25) is 4.79 Å². The van der Waals surface area contributed by atoms with Crippen LogP contribution in [0.15, 0.2) is 0 Å². The van der Waals surface area contributed by atoms with Gasteiger partial charge in [0.25, 0.3) is 0 Å².